The van der Waals surface area contributed by atoms with Crippen LogP contribution in [0.15, 0.2) is 53.1 Å². The standard InChI is InChI=1S/C20H18N2O/c1-12(2)14-8-6-10-21-20(14)18-13(3)11-17-19(22-18)15-7-4-5-9-16(15)23-17/h4-12H,1-3H3/i3D,12D. The average molecular weight is 304 g/mol. The molecule has 0 saturated heterocycles. The first-order valence-corrected chi connectivity index (χ1v) is 7.55. The molecule has 3 heteroatoms. The molecule has 23 heavy (non-hydrogen) atoms. The smallest absolute Gasteiger partial charge is 0.154 e. The van der Waals surface area contributed by atoms with Crippen LogP contribution in [0.4, 0.5) is 0 Å². The van der Waals surface area contributed by atoms with E-state index in [1.807, 2.05) is 56.3 Å². The van der Waals surface area contributed by atoms with Crippen LogP contribution < -0.4 is 0 Å². The molecule has 0 aliphatic heterocycles. The van der Waals surface area contributed by atoms with Gasteiger partial charge in [0.25, 0.3) is 0 Å². The summed E-state index contributed by atoms with van der Waals surface area (Å²) in [5, 5.41) is 0.942. The van der Waals surface area contributed by atoms with E-state index in [2.05, 4.69) is 4.98 Å². The topological polar surface area (TPSA) is 38.9 Å². The minimum atomic E-state index is -0.808. The Kier molecular flexibility index (Phi) is 2.67. The zero-order chi connectivity index (χ0) is 17.6. The first-order chi connectivity index (χ1) is 12.0. The van der Waals surface area contributed by atoms with Crippen molar-refractivity contribution in [2.75, 3.05) is 0 Å². The third-order valence-corrected chi connectivity index (χ3v) is 4.00. The van der Waals surface area contributed by atoms with Gasteiger partial charge in [0.15, 0.2) is 5.58 Å². The summed E-state index contributed by atoms with van der Waals surface area (Å²) in [5.74, 6) is -0.808. The molecule has 3 nitrogen and oxygen atoms in total. The van der Waals surface area contributed by atoms with E-state index in [-0.39, 0.29) is 6.90 Å². The molecular formula is C20H18N2O. The molecule has 1 aromatic carbocycles. The number of furan rings is 1. The summed E-state index contributed by atoms with van der Waals surface area (Å²) in [7, 11) is 0. The highest BCUT2D eigenvalue weighted by Crippen LogP contribution is 2.33. The summed E-state index contributed by atoms with van der Waals surface area (Å²) in [6.45, 7) is 3.74. The van der Waals surface area contributed by atoms with Crippen molar-refractivity contribution in [3.63, 3.8) is 0 Å². The SMILES string of the molecule is [2H]Cc1cc2oc3ccccc3c2nc1-c1ncccc1C([2H])(C)C. The van der Waals surface area contributed by atoms with Gasteiger partial charge < -0.3 is 4.42 Å². The van der Waals surface area contributed by atoms with Crippen molar-refractivity contribution in [3.05, 3.63) is 59.8 Å². The number of aryl methyl sites for hydroxylation is 1. The van der Waals surface area contributed by atoms with Gasteiger partial charge in [-0.3, -0.25) is 4.98 Å². The number of rotatable bonds is 2. The molecule has 0 N–H and O–H groups in total. The van der Waals surface area contributed by atoms with Gasteiger partial charge in [-0.15, -0.1) is 0 Å². The predicted molar refractivity (Wildman–Crippen MR) is 93.6 cm³/mol. The molecule has 4 aromatic rings. The fourth-order valence-electron chi connectivity index (χ4n) is 2.88. The third-order valence-electron chi connectivity index (χ3n) is 4.00. The number of fused-ring (bicyclic) bond motifs is 3. The van der Waals surface area contributed by atoms with Gasteiger partial charge in [-0.05, 0) is 48.2 Å². The lowest BCUT2D eigenvalue weighted by atomic mass is 9.98. The van der Waals surface area contributed by atoms with Crippen molar-refractivity contribution in [2.24, 2.45) is 0 Å². The van der Waals surface area contributed by atoms with E-state index in [4.69, 9.17) is 12.1 Å². The number of pyridine rings is 2. The second-order valence-electron chi connectivity index (χ2n) is 5.84. The maximum absolute atomic E-state index is 8.42. The van der Waals surface area contributed by atoms with E-state index in [1.165, 1.54) is 0 Å². The van der Waals surface area contributed by atoms with Crippen LogP contribution in [0.3, 0.4) is 0 Å². The highest BCUT2D eigenvalue weighted by atomic mass is 16.3. The van der Waals surface area contributed by atoms with Crippen molar-refractivity contribution >= 4 is 22.1 Å². The zero-order valence-corrected chi connectivity index (χ0v) is 13.1. The Hall–Kier alpha value is -2.68. The molecule has 114 valence electrons. The van der Waals surface area contributed by atoms with Crippen LogP contribution in [-0.2, 0) is 0 Å². The lowest BCUT2D eigenvalue weighted by molar-refractivity contribution is 0.668. The number of benzene rings is 1. The fourth-order valence-corrected chi connectivity index (χ4v) is 2.88. The van der Waals surface area contributed by atoms with Crippen LogP contribution in [0.2, 0.25) is 0 Å². The molecule has 0 radical (unpaired) electrons. The molecular weight excluding hydrogens is 284 g/mol. The van der Waals surface area contributed by atoms with Gasteiger partial charge >= 0.3 is 0 Å². The van der Waals surface area contributed by atoms with Gasteiger partial charge in [0.2, 0.25) is 0 Å². The lowest BCUT2D eigenvalue weighted by Gasteiger charge is -2.12. The van der Waals surface area contributed by atoms with Gasteiger partial charge in [0.05, 0.1) is 11.4 Å². The molecule has 0 atom stereocenters. The van der Waals surface area contributed by atoms with E-state index in [9.17, 15) is 0 Å². The number of hydrogen-bond donors (Lipinski definition) is 0. The summed E-state index contributed by atoms with van der Waals surface area (Å²) in [5.41, 5.74) is 5.08. The van der Waals surface area contributed by atoms with E-state index in [0.717, 1.165) is 27.6 Å². The van der Waals surface area contributed by atoms with E-state index in [0.29, 0.717) is 17.0 Å². The minimum absolute atomic E-state index is 0.0732. The van der Waals surface area contributed by atoms with Crippen molar-refractivity contribution in [1.29, 1.82) is 0 Å². The Morgan fingerprint density at radius 1 is 1.09 bits per heavy atom. The lowest BCUT2D eigenvalue weighted by Crippen LogP contribution is -1.98. The highest BCUT2D eigenvalue weighted by Gasteiger charge is 2.16. The molecule has 0 spiro atoms. The summed E-state index contributed by atoms with van der Waals surface area (Å²) in [6.07, 6.45) is 1.71. The van der Waals surface area contributed by atoms with Crippen LogP contribution >= 0.6 is 0 Å². The van der Waals surface area contributed by atoms with Crippen molar-refractivity contribution < 1.29 is 7.16 Å². The van der Waals surface area contributed by atoms with Gasteiger partial charge in [0, 0.05) is 14.3 Å². The van der Waals surface area contributed by atoms with Crippen LogP contribution in [0, 0.1) is 6.90 Å². The molecule has 0 fully saturated rings. The monoisotopic (exact) mass is 304 g/mol. The zero-order valence-electron chi connectivity index (χ0n) is 15.1. The Balaban J connectivity index is 2.06. The predicted octanol–water partition coefficient (Wildman–Crippen LogP) is 5.47. The molecule has 3 aromatic heterocycles. The average Bonchev–Trinajstić information content (AvgIpc) is 2.97. The molecule has 0 unspecified atom stereocenters. The van der Waals surface area contributed by atoms with E-state index < -0.39 is 5.89 Å². The molecule has 4 rings (SSSR count). The second-order valence-corrected chi connectivity index (χ2v) is 5.84. The highest BCUT2D eigenvalue weighted by molar-refractivity contribution is 6.03. The molecule has 0 aliphatic rings. The third kappa shape index (κ3) is 2.20. The van der Waals surface area contributed by atoms with Crippen LogP contribution in [0.1, 0.15) is 33.6 Å². The quantitative estimate of drug-likeness (QED) is 0.492. The Morgan fingerprint density at radius 2 is 1.96 bits per heavy atom. The fraction of sp³-hybridized carbons (Fsp3) is 0.200. The summed E-state index contributed by atoms with van der Waals surface area (Å²) >= 11 is 0. The van der Waals surface area contributed by atoms with E-state index >= 15 is 0 Å². The Bertz CT molecular complexity index is 1080. The van der Waals surface area contributed by atoms with Crippen molar-refractivity contribution in [3.8, 4) is 11.4 Å². The first kappa shape index (κ1) is 11.8. The number of aromatic nitrogens is 2. The van der Waals surface area contributed by atoms with E-state index in [1.54, 1.807) is 6.20 Å². The normalized spacial score (nSPS) is 13.3. The maximum atomic E-state index is 8.42. The Labute approximate surface area is 137 Å². The van der Waals surface area contributed by atoms with Gasteiger partial charge in [-0.25, -0.2) is 4.98 Å². The van der Waals surface area contributed by atoms with Gasteiger partial charge in [0.1, 0.15) is 11.1 Å². The molecule has 0 bridgehead atoms. The maximum Gasteiger partial charge on any atom is 0.154 e. The number of hydrogen-bond acceptors (Lipinski definition) is 3. The summed E-state index contributed by atoms with van der Waals surface area (Å²) in [6, 6.07) is 13.4. The first-order valence-electron chi connectivity index (χ1n) is 8.76. The molecule has 3 heterocycles. The van der Waals surface area contributed by atoms with Crippen LogP contribution in [0.5, 0.6) is 0 Å². The van der Waals surface area contributed by atoms with Crippen LogP contribution in [0.25, 0.3) is 33.5 Å². The van der Waals surface area contributed by atoms with Crippen molar-refractivity contribution in [1.82, 2.24) is 9.97 Å². The largest absolute Gasteiger partial charge is 0.454 e. The van der Waals surface area contributed by atoms with Crippen LogP contribution in [-0.4, -0.2) is 9.97 Å². The second kappa shape index (κ2) is 5.20. The number of para-hydroxylation sites is 1. The molecule has 0 amide bonds. The van der Waals surface area contributed by atoms with Gasteiger partial charge in [-0.1, -0.05) is 32.0 Å². The molecule has 0 saturated carbocycles. The minimum Gasteiger partial charge on any atom is -0.454 e. The van der Waals surface area contributed by atoms with Crippen molar-refractivity contribution in [2.45, 2.75) is 26.6 Å². The molecule has 0 aliphatic carbocycles. The number of nitrogens with zero attached hydrogens (tertiary/aromatic N) is 2. The summed E-state index contributed by atoms with van der Waals surface area (Å²) < 4.78 is 22.2. The summed E-state index contributed by atoms with van der Waals surface area (Å²) in [4.78, 5) is 9.32. The Morgan fingerprint density at radius 3 is 2.78 bits per heavy atom. The van der Waals surface area contributed by atoms with Gasteiger partial charge in [-0.2, -0.15) is 0 Å².